The Balaban J connectivity index is 1.86. The van der Waals surface area contributed by atoms with Gasteiger partial charge in [0.15, 0.2) is 0 Å². The van der Waals surface area contributed by atoms with E-state index in [0.29, 0.717) is 5.92 Å². The van der Waals surface area contributed by atoms with Crippen LogP contribution in [-0.4, -0.2) is 29.9 Å². The number of carbonyl (C=O) groups is 1. The highest BCUT2D eigenvalue weighted by molar-refractivity contribution is 5.82. The number of nitrogens with one attached hydrogen (secondary N) is 1. The first-order valence-electron chi connectivity index (χ1n) is 6.29. The van der Waals surface area contributed by atoms with Crippen molar-refractivity contribution in [2.24, 2.45) is 5.92 Å². The topological polar surface area (TPSA) is 44.1 Å². The fourth-order valence-electron chi connectivity index (χ4n) is 2.46. The fraction of sp³-hybridized carbons (Fsp3) is 0.917. The van der Waals surface area contributed by atoms with E-state index in [2.05, 4.69) is 0 Å². The Labute approximate surface area is 92.0 Å². The molecule has 1 aliphatic heterocycles. The minimum Gasteiger partial charge on any atom is -0.341 e. The molecular weight excluding hydrogens is 188 g/mol. The van der Waals surface area contributed by atoms with Gasteiger partial charge in [-0.05, 0) is 31.6 Å². The average Bonchev–Trinajstić information content (AvgIpc) is 2.41. The molecule has 3 heteroatoms. The van der Waals surface area contributed by atoms with E-state index in [9.17, 15) is 4.79 Å². The molecule has 0 aromatic carbocycles. The van der Waals surface area contributed by atoms with Crippen LogP contribution in [0, 0.1) is 5.92 Å². The van der Waals surface area contributed by atoms with Crippen LogP contribution < -0.4 is 5.73 Å². The van der Waals surface area contributed by atoms with Gasteiger partial charge in [0.2, 0.25) is 5.91 Å². The highest BCUT2D eigenvalue weighted by atomic mass is 16.2. The molecule has 0 spiro atoms. The smallest absolute Gasteiger partial charge is 0.241 e. The molecule has 3 nitrogen and oxygen atoms in total. The van der Waals surface area contributed by atoms with Crippen LogP contribution in [0.15, 0.2) is 0 Å². The van der Waals surface area contributed by atoms with Crippen molar-refractivity contribution in [2.75, 3.05) is 13.1 Å². The summed E-state index contributed by atoms with van der Waals surface area (Å²) in [5.74, 6) is 0.461. The first-order valence-corrected chi connectivity index (χ1v) is 6.29. The van der Waals surface area contributed by atoms with Gasteiger partial charge in [-0.1, -0.05) is 19.3 Å². The average molecular weight is 209 g/mol. The maximum atomic E-state index is 12.0. The molecule has 1 amide bonds. The molecule has 1 N–H and O–H groups in total. The molecule has 85 valence electrons. The SMILES string of the molecule is [NH]C(C(=O)N1CCCCCC1)C1CCC1. The molecule has 0 aromatic rings. The molecule has 0 aromatic heterocycles. The molecule has 0 bridgehead atoms. The summed E-state index contributed by atoms with van der Waals surface area (Å²) < 4.78 is 0. The number of hydrogen-bond donors (Lipinski definition) is 0. The molecule has 1 unspecified atom stereocenters. The van der Waals surface area contributed by atoms with Crippen molar-refractivity contribution < 1.29 is 4.79 Å². The van der Waals surface area contributed by atoms with Crippen LogP contribution in [0.4, 0.5) is 0 Å². The Morgan fingerprint density at radius 1 is 1.07 bits per heavy atom. The zero-order chi connectivity index (χ0) is 10.7. The molecule has 2 aliphatic rings. The number of likely N-dealkylation sites (tertiary alicyclic amines) is 1. The zero-order valence-electron chi connectivity index (χ0n) is 9.37. The second-order valence-corrected chi connectivity index (χ2v) is 4.91. The summed E-state index contributed by atoms with van der Waals surface area (Å²) in [5.41, 5.74) is 7.95. The van der Waals surface area contributed by atoms with Crippen LogP contribution >= 0.6 is 0 Å². The third-order valence-corrected chi connectivity index (χ3v) is 3.81. The van der Waals surface area contributed by atoms with E-state index in [1.54, 1.807) is 0 Å². The number of amides is 1. The lowest BCUT2D eigenvalue weighted by molar-refractivity contribution is -0.134. The molecule has 2 rings (SSSR count). The van der Waals surface area contributed by atoms with Gasteiger partial charge in [-0.2, -0.15) is 0 Å². The van der Waals surface area contributed by atoms with Gasteiger partial charge in [-0.15, -0.1) is 0 Å². The van der Waals surface area contributed by atoms with E-state index in [1.807, 2.05) is 4.90 Å². The van der Waals surface area contributed by atoms with Gasteiger partial charge in [0.1, 0.15) is 6.04 Å². The molecule has 15 heavy (non-hydrogen) atoms. The van der Waals surface area contributed by atoms with Crippen LogP contribution in [0.25, 0.3) is 0 Å². The lowest BCUT2D eigenvalue weighted by atomic mass is 9.79. The van der Waals surface area contributed by atoms with E-state index in [4.69, 9.17) is 5.73 Å². The number of hydrogen-bond acceptors (Lipinski definition) is 1. The van der Waals surface area contributed by atoms with E-state index in [1.165, 1.54) is 19.3 Å². The lowest BCUT2D eigenvalue weighted by Crippen LogP contribution is -2.45. The van der Waals surface area contributed by atoms with E-state index < -0.39 is 6.04 Å². The molecular formula is C12H21N2O. The van der Waals surface area contributed by atoms with Crippen molar-refractivity contribution >= 4 is 5.91 Å². The minimum absolute atomic E-state index is 0.0987. The highest BCUT2D eigenvalue weighted by Crippen LogP contribution is 2.30. The summed E-state index contributed by atoms with van der Waals surface area (Å²) in [4.78, 5) is 14.0. The zero-order valence-corrected chi connectivity index (χ0v) is 9.37. The van der Waals surface area contributed by atoms with Gasteiger partial charge in [-0.3, -0.25) is 4.79 Å². The van der Waals surface area contributed by atoms with Crippen molar-refractivity contribution in [3.63, 3.8) is 0 Å². The molecule has 1 radical (unpaired) electrons. The molecule has 1 saturated heterocycles. The third kappa shape index (κ3) is 2.51. The predicted molar refractivity (Wildman–Crippen MR) is 59.3 cm³/mol. The van der Waals surface area contributed by atoms with Gasteiger partial charge in [0.05, 0.1) is 0 Å². The van der Waals surface area contributed by atoms with Crippen LogP contribution in [0.1, 0.15) is 44.9 Å². The second-order valence-electron chi connectivity index (χ2n) is 4.91. The van der Waals surface area contributed by atoms with Crippen molar-refractivity contribution in [3.8, 4) is 0 Å². The van der Waals surface area contributed by atoms with Gasteiger partial charge >= 0.3 is 0 Å². The molecule has 1 aliphatic carbocycles. The minimum atomic E-state index is -0.461. The Hall–Kier alpha value is -0.570. The Morgan fingerprint density at radius 3 is 2.13 bits per heavy atom. The Bertz CT molecular complexity index is 218. The third-order valence-electron chi connectivity index (χ3n) is 3.81. The largest absolute Gasteiger partial charge is 0.341 e. The van der Waals surface area contributed by atoms with Gasteiger partial charge in [-0.25, -0.2) is 5.73 Å². The summed E-state index contributed by atoms with van der Waals surface area (Å²) in [6, 6.07) is -0.461. The first-order chi connectivity index (χ1) is 7.29. The standard InChI is InChI=1S/C12H21N2O/c13-11(10-6-5-7-10)12(15)14-8-3-1-2-4-9-14/h10-11,13H,1-9H2. The summed E-state index contributed by atoms with van der Waals surface area (Å²) in [6.45, 7) is 1.78. The normalized spacial score (nSPS) is 25.5. The highest BCUT2D eigenvalue weighted by Gasteiger charge is 2.32. The summed E-state index contributed by atoms with van der Waals surface area (Å²) >= 11 is 0. The molecule has 1 saturated carbocycles. The molecule has 2 fully saturated rings. The van der Waals surface area contributed by atoms with E-state index >= 15 is 0 Å². The monoisotopic (exact) mass is 209 g/mol. The maximum Gasteiger partial charge on any atom is 0.241 e. The predicted octanol–water partition coefficient (Wildman–Crippen LogP) is 1.84. The lowest BCUT2D eigenvalue weighted by Gasteiger charge is -2.33. The quantitative estimate of drug-likeness (QED) is 0.684. The van der Waals surface area contributed by atoms with Crippen molar-refractivity contribution in [3.05, 3.63) is 0 Å². The Kier molecular flexibility index (Phi) is 3.62. The van der Waals surface area contributed by atoms with Crippen molar-refractivity contribution in [1.29, 1.82) is 0 Å². The first kappa shape index (κ1) is 10.9. The second kappa shape index (κ2) is 4.97. The van der Waals surface area contributed by atoms with Crippen LogP contribution in [0.3, 0.4) is 0 Å². The molecule has 1 heterocycles. The van der Waals surface area contributed by atoms with Crippen molar-refractivity contribution in [2.45, 2.75) is 51.0 Å². The van der Waals surface area contributed by atoms with Crippen LogP contribution in [0.5, 0.6) is 0 Å². The maximum absolute atomic E-state index is 12.0. The number of rotatable bonds is 2. The van der Waals surface area contributed by atoms with Gasteiger partial charge in [0, 0.05) is 13.1 Å². The summed E-state index contributed by atoms with van der Waals surface area (Å²) in [5, 5.41) is 0. The number of carbonyl (C=O) groups excluding carboxylic acids is 1. The summed E-state index contributed by atoms with van der Waals surface area (Å²) in [7, 11) is 0. The Morgan fingerprint density at radius 2 is 1.67 bits per heavy atom. The van der Waals surface area contributed by atoms with Gasteiger partial charge < -0.3 is 4.90 Å². The fourth-order valence-corrected chi connectivity index (χ4v) is 2.46. The number of nitrogens with zero attached hydrogens (tertiary/aromatic N) is 1. The van der Waals surface area contributed by atoms with Crippen LogP contribution in [-0.2, 0) is 4.79 Å². The van der Waals surface area contributed by atoms with E-state index in [0.717, 1.165) is 38.8 Å². The van der Waals surface area contributed by atoms with E-state index in [-0.39, 0.29) is 5.91 Å². The van der Waals surface area contributed by atoms with Crippen molar-refractivity contribution in [1.82, 2.24) is 10.6 Å². The van der Waals surface area contributed by atoms with Gasteiger partial charge in [0.25, 0.3) is 0 Å². The molecule has 1 atom stereocenters. The van der Waals surface area contributed by atoms with Crippen LogP contribution in [0.2, 0.25) is 0 Å². The summed E-state index contributed by atoms with van der Waals surface area (Å²) in [6.07, 6.45) is 8.15.